The van der Waals surface area contributed by atoms with E-state index in [4.69, 9.17) is 0 Å². The minimum Gasteiger partial charge on any atom is -0.324 e. The second-order valence-corrected chi connectivity index (χ2v) is 7.95. The van der Waals surface area contributed by atoms with Gasteiger partial charge in [-0.2, -0.15) is 0 Å². The summed E-state index contributed by atoms with van der Waals surface area (Å²) in [5.41, 5.74) is 1.28. The average Bonchev–Trinajstić information content (AvgIpc) is 2.82. The number of hydrogen-bond acceptors (Lipinski definition) is 6. The molecule has 0 atom stereocenters. The van der Waals surface area contributed by atoms with Gasteiger partial charge in [-0.1, -0.05) is 0 Å². The van der Waals surface area contributed by atoms with Crippen molar-refractivity contribution in [2.45, 2.75) is 16.7 Å². The molecule has 0 spiro atoms. The summed E-state index contributed by atoms with van der Waals surface area (Å²) < 4.78 is 27.1. The number of thiazole rings is 1. The molecule has 0 bridgehead atoms. The van der Waals surface area contributed by atoms with Crippen LogP contribution in [0.2, 0.25) is 0 Å². The van der Waals surface area contributed by atoms with Gasteiger partial charge in [-0.25, -0.2) is 13.4 Å². The number of carbonyl (C=O) groups excluding carboxylic acids is 1. The lowest BCUT2D eigenvalue weighted by molar-refractivity contribution is -0.113. The summed E-state index contributed by atoms with van der Waals surface area (Å²) in [6.07, 6.45) is 0. The highest BCUT2D eigenvalue weighted by Gasteiger charge is 2.21. The van der Waals surface area contributed by atoms with E-state index in [1.54, 1.807) is 18.4 Å². The summed E-state index contributed by atoms with van der Waals surface area (Å²) in [6.45, 7) is 1.79. The standard InChI is InChI=1S/C12H11N3O3S3/c1-7-5-20-12(13-7)15-21(17,18)8-2-3-10-9(4-8)14-11(16)6-19-10/h2-5H,6H2,1H3,(H,13,15)(H,14,16). The number of benzene rings is 1. The van der Waals surface area contributed by atoms with Crippen LogP contribution in [0, 0.1) is 6.92 Å². The van der Waals surface area contributed by atoms with Crippen molar-refractivity contribution < 1.29 is 13.2 Å². The fourth-order valence-corrected chi connectivity index (χ4v) is 4.56. The number of aromatic nitrogens is 1. The van der Waals surface area contributed by atoms with Gasteiger partial charge in [0.2, 0.25) is 5.91 Å². The zero-order chi connectivity index (χ0) is 15.0. The summed E-state index contributed by atoms with van der Waals surface area (Å²) in [7, 11) is -3.71. The van der Waals surface area contributed by atoms with Crippen molar-refractivity contribution in [3.05, 3.63) is 29.3 Å². The van der Waals surface area contributed by atoms with Gasteiger partial charge in [0.1, 0.15) is 0 Å². The maximum Gasteiger partial charge on any atom is 0.263 e. The number of thioether (sulfide) groups is 1. The Morgan fingerprint density at radius 1 is 1.38 bits per heavy atom. The first-order chi connectivity index (χ1) is 9.94. The van der Waals surface area contributed by atoms with Crippen LogP contribution in [0.3, 0.4) is 0 Å². The van der Waals surface area contributed by atoms with E-state index >= 15 is 0 Å². The molecule has 0 aliphatic carbocycles. The second-order valence-electron chi connectivity index (χ2n) is 4.39. The molecule has 0 fully saturated rings. The highest BCUT2D eigenvalue weighted by Crippen LogP contribution is 2.33. The maximum atomic E-state index is 12.3. The Labute approximate surface area is 130 Å². The molecule has 2 heterocycles. The van der Waals surface area contributed by atoms with Crippen LogP contribution in [-0.2, 0) is 14.8 Å². The Balaban J connectivity index is 1.92. The van der Waals surface area contributed by atoms with E-state index in [1.165, 1.54) is 35.2 Å². The van der Waals surface area contributed by atoms with Crippen LogP contribution in [0.15, 0.2) is 33.4 Å². The molecule has 3 rings (SSSR count). The van der Waals surface area contributed by atoms with Crippen molar-refractivity contribution in [3.63, 3.8) is 0 Å². The average molecular weight is 341 g/mol. The van der Waals surface area contributed by atoms with Crippen LogP contribution in [0.1, 0.15) is 5.69 Å². The van der Waals surface area contributed by atoms with E-state index in [2.05, 4.69) is 15.0 Å². The summed E-state index contributed by atoms with van der Waals surface area (Å²) in [5, 5.41) is 4.76. The number of nitrogens with one attached hydrogen (secondary N) is 2. The molecule has 9 heteroatoms. The van der Waals surface area contributed by atoms with Gasteiger partial charge in [0, 0.05) is 10.3 Å². The minimum atomic E-state index is -3.71. The zero-order valence-electron chi connectivity index (χ0n) is 10.9. The smallest absolute Gasteiger partial charge is 0.263 e. The molecule has 1 aromatic carbocycles. The molecule has 2 N–H and O–H groups in total. The quantitative estimate of drug-likeness (QED) is 0.894. The van der Waals surface area contributed by atoms with E-state index < -0.39 is 10.0 Å². The van der Waals surface area contributed by atoms with Gasteiger partial charge in [-0.3, -0.25) is 9.52 Å². The monoisotopic (exact) mass is 341 g/mol. The van der Waals surface area contributed by atoms with Gasteiger partial charge in [0.25, 0.3) is 10.0 Å². The molecule has 2 aromatic rings. The van der Waals surface area contributed by atoms with Crippen molar-refractivity contribution >= 4 is 49.8 Å². The van der Waals surface area contributed by atoms with E-state index in [0.29, 0.717) is 16.6 Å². The topological polar surface area (TPSA) is 88.2 Å². The Morgan fingerprint density at radius 2 is 2.19 bits per heavy atom. The lowest BCUT2D eigenvalue weighted by Gasteiger charge is -2.17. The third-order valence-electron chi connectivity index (χ3n) is 2.73. The van der Waals surface area contributed by atoms with Crippen LogP contribution < -0.4 is 10.0 Å². The van der Waals surface area contributed by atoms with Crippen LogP contribution in [0.25, 0.3) is 0 Å². The molecule has 6 nitrogen and oxygen atoms in total. The SMILES string of the molecule is Cc1csc(NS(=O)(=O)c2ccc3c(c2)NC(=O)CS3)n1. The molecule has 0 unspecified atom stereocenters. The van der Waals surface area contributed by atoms with Crippen molar-refractivity contribution in [2.24, 2.45) is 0 Å². The van der Waals surface area contributed by atoms with E-state index in [9.17, 15) is 13.2 Å². The summed E-state index contributed by atoms with van der Waals surface area (Å²) in [4.78, 5) is 16.4. The molecular formula is C12H11N3O3S3. The first kappa shape index (κ1) is 14.4. The van der Waals surface area contributed by atoms with Gasteiger partial charge in [-0.05, 0) is 25.1 Å². The normalized spacial score (nSPS) is 14.4. The Bertz CT molecular complexity index is 814. The van der Waals surface area contributed by atoms with Gasteiger partial charge in [0.05, 0.1) is 22.0 Å². The number of fused-ring (bicyclic) bond motifs is 1. The maximum absolute atomic E-state index is 12.3. The van der Waals surface area contributed by atoms with Crippen molar-refractivity contribution in [1.29, 1.82) is 0 Å². The van der Waals surface area contributed by atoms with Crippen LogP contribution in [0.5, 0.6) is 0 Å². The lowest BCUT2D eigenvalue weighted by atomic mass is 10.3. The molecule has 21 heavy (non-hydrogen) atoms. The zero-order valence-corrected chi connectivity index (χ0v) is 13.4. The molecule has 1 amide bonds. The Hall–Kier alpha value is -1.58. The summed E-state index contributed by atoms with van der Waals surface area (Å²) in [6, 6.07) is 4.68. The largest absolute Gasteiger partial charge is 0.324 e. The summed E-state index contributed by atoms with van der Waals surface area (Å²) >= 11 is 2.61. The molecule has 110 valence electrons. The van der Waals surface area contributed by atoms with E-state index in [-0.39, 0.29) is 10.8 Å². The van der Waals surface area contributed by atoms with Crippen molar-refractivity contribution in [2.75, 3.05) is 15.8 Å². The Morgan fingerprint density at radius 3 is 2.90 bits per heavy atom. The van der Waals surface area contributed by atoms with E-state index in [1.807, 2.05) is 0 Å². The first-order valence-electron chi connectivity index (χ1n) is 5.96. The highest BCUT2D eigenvalue weighted by molar-refractivity contribution is 8.00. The molecule has 1 aromatic heterocycles. The number of aryl methyl sites for hydroxylation is 1. The van der Waals surface area contributed by atoms with E-state index in [0.717, 1.165) is 10.6 Å². The fraction of sp³-hybridized carbons (Fsp3) is 0.167. The molecule has 0 saturated carbocycles. The lowest BCUT2D eigenvalue weighted by Crippen LogP contribution is -2.20. The number of anilines is 2. The summed E-state index contributed by atoms with van der Waals surface area (Å²) in [5.74, 6) is 0.209. The van der Waals surface area contributed by atoms with Gasteiger partial charge in [-0.15, -0.1) is 23.1 Å². The first-order valence-corrected chi connectivity index (χ1v) is 9.30. The molecule has 0 radical (unpaired) electrons. The number of rotatable bonds is 3. The fourth-order valence-electron chi connectivity index (χ4n) is 1.80. The van der Waals surface area contributed by atoms with Gasteiger partial charge < -0.3 is 5.32 Å². The number of carbonyl (C=O) groups is 1. The second kappa shape index (κ2) is 5.32. The van der Waals surface area contributed by atoms with Gasteiger partial charge >= 0.3 is 0 Å². The van der Waals surface area contributed by atoms with Crippen LogP contribution >= 0.6 is 23.1 Å². The number of sulfonamides is 1. The molecule has 0 saturated heterocycles. The molecule has 1 aliphatic rings. The highest BCUT2D eigenvalue weighted by atomic mass is 32.2. The Kier molecular flexibility index (Phi) is 3.64. The van der Waals surface area contributed by atoms with Crippen molar-refractivity contribution in [1.82, 2.24) is 4.98 Å². The predicted octanol–water partition coefficient (Wildman–Crippen LogP) is 2.30. The predicted molar refractivity (Wildman–Crippen MR) is 83.5 cm³/mol. The van der Waals surface area contributed by atoms with Crippen LogP contribution in [-0.4, -0.2) is 25.1 Å². The number of nitrogens with zero attached hydrogens (tertiary/aromatic N) is 1. The number of hydrogen-bond donors (Lipinski definition) is 2. The molecular weight excluding hydrogens is 330 g/mol. The van der Waals surface area contributed by atoms with Crippen LogP contribution in [0.4, 0.5) is 10.8 Å². The van der Waals surface area contributed by atoms with Crippen molar-refractivity contribution in [3.8, 4) is 0 Å². The third kappa shape index (κ3) is 3.04. The third-order valence-corrected chi connectivity index (χ3v) is 6.15. The van der Waals surface area contributed by atoms with Gasteiger partial charge in [0.15, 0.2) is 5.13 Å². The number of amides is 1. The minimum absolute atomic E-state index is 0.0944. The molecule has 1 aliphatic heterocycles.